The largest absolute Gasteiger partial charge is 0.457 e. The predicted octanol–water partition coefficient (Wildman–Crippen LogP) is 4.40. The summed E-state index contributed by atoms with van der Waals surface area (Å²) >= 11 is 0. The Bertz CT molecular complexity index is 653. The van der Waals surface area contributed by atoms with E-state index >= 15 is 0 Å². The Kier molecular flexibility index (Phi) is 4.18. The van der Waals surface area contributed by atoms with Gasteiger partial charge in [-0.1, -0.05) is 6.07 Å². The SMILES string of the molecule is Cc1ccc(F)cc1Oc1ccc(C(F)(F)F)c(CN)c1. The van der Waals surface area contributed by atoms with E-state index in [1.807, 2.05) is 0 Å². The van der Waals surface area contributed by atoms with Crippen LogP contribution in [0.3, 0.4) is 0 Å². The van der Waals surface area contributed by atoms with Crippen LogP contribution >= 0.6 is 0 Å². The average Bonchev–Trinajstić information content (AvgIpc) is 2.41. The first-order chi connectivity index (χ1) is 9.81. The number of halogens is 4. The van der Waals surface area contributed by atoms with Crippen LogP contribution in [0.25, 0.3) is 0 Å². The van der Waals surface area contributed by atoms with Gasteiger partial charge in [0.2, 0.25) is 0 Å². The Morgan fingerprint density at radius 2 is 1.81 bits per heavy atom. The molecule has 2 aromatic carbocycles. The summed E-state index contributed by atoms with van der Waals surface area (Å²) in [5.74, 6) is -0.0589. The van der Waals surface area contributed by atoms with Crippen molar-refractivity contribution >= 4 is 0 Å². The Morgan fingerprint density at radius 1 is 1.10 bits per heavy atom. The summed E-state index contributed by atoms with van der Waals surface area (Å²) < 4.78 is 56.9. The normalized spacial score (nSPS) is 11.5. The van der Waals surface area contributed by atoms with Crippen molar-refractivity contribution in [1.82, 2.24) is 0 Å². The Labute approximate surface area is 119 Å². The molecule has 2 N–H and O–H groups in total. The average molecular weight is 299 g/mol. The Hall–Kier alpha value is -2.08. The van der Waals surface area contributed by atoms with Crippen molar-refractivity contribution in [2.45, 2.75) is 19.6 Å². The summed E-state index contributed by atoms with van der Waals surface area (Å²) in [5, 5.41) is 0. The van der Waals surface area contributed by atoms with E-state index in [0.29, 0.717) is 5.56 Å². The van der Waals surface area contributed by atoms with E-state index in [2.05, 4.69) is 0 Å². The fourth-order valence-electron chi connectivity index (χ4n) is 1.89. The molecule has 0 radical (unpaired) electrons. The van der Waals surface area contributed by atoms with Gasteiger partial charge in [-0.15, -0.1) is 0 Å². The zero-order chi connectivity index (χ0) is 15.6. The van der Waals surface area contributed by atoms with E-state index in [-0.39, 0.29) is 23.6 Å². The third-order valence-electron chi connectivity index (χ3n) is 2.98. The fourth-order valence-corrected chi connectivity index (χ4v) is 1.89. The molecule has 0 fully saturated rings. The molecular weight excluding hydrogens is 286 g/mol. The summed E-state index contributed by atoms with van der Waals surface area (Å²) in [6.45, 7) is 1.44. The molecule has 112 valence electrons. The highest BCUT2D eigenvalue weighted by Crippen LogP contribution is 2.35. The number of rotatable bonds is 3. The van der Waals surface area contributed by atoms with Crippen LogP contribution in [0.5, 0.6) is 11.5 Å². The first kappa shape index (κ1) is 15.3. The maximum Gasteiger partial charge on any atom is 0.416 e. The lowest BCUT2D eigenvalue weighted by molar-refractivity contribution is -0.138. The van der Waals surface area contributed by atoms with Crippen LogP contribution in [0.4, 0.5) is 17.6 Å². The molecule has 6 heteroatoms. The summed E-state index contributed by atoms with van der Waals surface area (Å²) in [5.41, 5.74) is 5.15. The third-order valence-corrected chi connectivity index (χ3v) is 2.98. The van der Waals surface area contributed by atoms with Crippen LogP contribution < -0.4 is 10.5 Å². The van der Waals surface area contributed by atoms with E-state index in [1.54, 1.807) is 6.92 Å². The highest BCUT2D eigenvalue weighted by Gasteiger charge is 2.33. The van der Waals surface area contributed by atoms with Crippen LogP contribution in [-0.4, -0.2) is 0 Å². The lowest BCUT2D eigenvalue weighted by Gasteiger charge is -2.14. The second-order valence-electron chi connectivity index (χ2n) is 4.53. The molecule has 0 heterocycles. The van der Waals surface area contributed by atoms with E-state index in [1.165, 1.54) is 30.3 Å². The second-order valence-corrected chi connectivity index (χ2v) is 4.53. The number of ether oxygens (including phenoxy) is 1. The standard InChI is InChI=1S/C15H13F4NO/c1-9-2-3-11(16)7-14(9)21-12-4-5-13(15(17,18)19)10(6-12)8-20/h2-7H,8,20H2,1H3. The molecule has 0 amide bonds. The van der Waals surface area contributed by atoms with Gasteiger partial charge >= 0.3 is 6.18 Å². The van der Waals surface area contributed by atoms with Crippen LogP contribution in [-0.2, 0) is 12.7 Å². The topological polar surface area (TPSA) is 35.2 Å². The lowest BCUT2D eigenvalue weighted by atomic mass is 10.1. The minimum atomic E-state index is -4.47. The van der Waals surface area contributed by atoms with Crippen molar-refractivity contribution in [2.24, 2.45) is 5.73 Å². The molecule has 0 unspecified atom stereocenters. The highest BCUT2D eigenvalue weighted by molar-refractivity contribution is 5.42. The number of alkyl halides is 3. The minimum absolute atomic E-state index is 0.0749. The fraction of sp³-hybridized carbons (Fsp3) is 0.200. The molecular formula is C15H13F4NO. The van der Waals surface area contributed by atoms with Crippen LogP contribution in [0, 0.1) is 12.7 Å². The molecule has 0 aliphatic carbocycles. The maximum absolute atomic E-state index is 13.2. The van der Waals surface area contributed by atoms with Crippen molar-refractivity contribution in [3.8, 4) is 11.5 Å². The number of hydrogen-bond acceptors (Lipinski definition) is 2. The third kappa shape index (κ3) is 3.52. The van der Waals surface area contributed by atoms with Gasteiger partial charge in [-0.2, -0.15) is 13.2 Å². The minimum Gasteiger partial charge on any atom is -0.457 e. The smallest absolute Gasteiger partial charge is 0.416 e. The number of aryl methyl sites for hydroxylation is 1. The van der Waals surface area contributed by atoms with Crippen molar-refractivity contribution in [3.05, 3.63) is 58.9 Å². The highest BCUT2D eigenvalue weighted by atomic mass is 19.4. The van der Waals surface area contributed by atoms with E-state index in [9.17, 15) is 17.6 Å². The number of hydrogen-bond donors (Lipinski definition) is 1. The molecule has 2 nitrogen and oxygen atoms in total. The van der Waals surface area contributed by atoms with Crippen LogP contribution in [0.2, 0.25) is 0 Å². The molecule has 0 aliphatic rings. The molecule has 2 aromatic rings. The summed E-state index contributed by atoms with van der Waals surface area (Å²) in [6, 6.07) is 7.29. The summed E-state index contributed by atoms with van der Waals surface area (Å²) in [4.78, 5) is 0. The maximum atomic E-state index is 13.2. The van der Waals surface area contributed by atoms with E-state index < -0.39 is 17.6 Å². The molecule has 0 aliphatic heterocycles. The van der Waals surface area contributed by atoms with Gasteiger partial charge in [-0.05, 0) is 42.3 Å². The van der Waals surface area contributed by atoms with Crippen LogP contribution in [0.1, 0.15) is 16.7 Å². The second kappa shape index (κ2) is 5.73. The molecule has 21 heavy (non-hydrogen) atoms. The van der Waals surface area contributed by atoms with Gasteiger partial charge in [0.05, 0.1) is 5.56 Å². The molecule has 0 atom stereocenters. The first-order valence-electron chi connectivity index (χ1n) is 6.15. The quantitative estimate of drug-likeness (QED) is 0.852. The molecule has 0 spiro atoms. The molecule has 0 saturated carbocycles. The molecule has 2 rings (SSSR count). The number of nitrogens with two attached hydrogens (primary N) is 1. The first-order valence-corrected chi connectivity index (χ1v) is 6.15. The van der Waals surface area contributed by atoms with Crippen molar-refractivity contribution < 1.29 is 22.3 Å². The van der Waals surface area contributed by atoms with Gasteiger partial charge in [0.15, 0.2) is 0 Å². The molecule has 0 aromatic heterocycles. The summed E-state index contributed by atoms with van der Waals surface area (Å²) in [6.07, 6.45) is -4.47. The van der Waals surface area contributed by atoms with E-state index in [4.69, 9.17) is 10.5 Å². The molecule has 0 saturated heterocycles. The zero-order valence-corrected chi connectivity index (χ0v) is 11.2. The van der Waals surface area contributed by atoms with Crippen molar-refractivity contribution in [3.63, 3.8) is 0 Å². The lowest BCUT2D eigenvalue weighted by Crippen LogP contribution is -2.11. The zero-order valence-electron chi connectivity index (χ0n) is 11.2. The van der Waals surface area contributed by atoms with Gasteiger partial charge in [0.1, 0.15) is 17.3 Å². The van der Waals surface area contributed by atoms with Gasteiger partial charge in [0, 0.05) is 12.6 Å². The van der Waals surface area contributed by atoms with Gasteiger partial charge in [0.25, 0.3) is 0 Å². The monoisotopic (exact) mass is 299 g/mol. The van der Waals surface area contributed by atoms with Gasteiger partial charge in [-0.25, -0.2) is 4.39 Å². The van der Waals surface area contributed by atoms with Crippen molar-refractivity contribution in [2.75, 3.05) is 0 Å². The van der Waals surface area contributed by atoms with E-state index in [0.717, 1.165) is 6.07 Å². The predicted molar refractivity (Wildman–Crippen MR) is 70.5 cm³/mol. The van der Waals surface area contributed by atoms with Crippen LogP contribution in [0.15, 0.2) is 36.4 Å². The molecule has 0 bridgehead atoms. The van der Waals surface area contributed by atoms with Gasteiger partial charge < -0.3 is 10.5 Å². The summed E-state index contributed by atoms with van der Waals surface area (Å²) in [7, 11) is 0. The van der Waals surface area contributed by atoms with Gasteiger partial charge in [-0.3, -0.25) is 0 Å². The Balaban J connectivity index is 2.36. The Morgan fingerprint density at radius 3 is 2.43 bits per heavy atom. The number of benzene rings is 2. The van der Waals surface area contributed by atoms with Crippen molar-refractivity contribution in [1.29, 1.82) is 0 Å².